The first-order valence-electron chi connectivity index (χ1n) is 15.9. The van der Waals surface area contributed by atoms with Crippen LogP contribution in [0.3, 0.4) is 0 Å². The minimum atomic E-state index is 0.0975. The van der Waals surface area contributed by atoms with Crippen molar-refractivity contribution in [1.82, 2.24) is 0 Å². The van der Waals surface area contributed by atoms with Crippen molar-refractivity contribution < 1.29 is 0 Å². The van der Waals surface area contributed by atoms with Crippen molar-refractivity contribution in [1.29, 1.82) is 0 Å². The molecule has 0 radical (unpaired) electrons. The molecule has 0 atom stereocenters. The van der Waals surface area contributed by atoms with Gasteiger partial charge in [0, 0.05) is 0 Å². The van der Waals surface area contributed by atoms with Crippen molar-refractivity contribution in [2.24, 2.45) is 0 Å². The summed E-state index contributed by atoms with van der Waals surface area (Å²) in [6.07, 6.45) is 0. The highest BCUT2D eigenvalue weighted by molar-refractivity contribution is 6.32. The van der Waals surface area contributed by atoms with E-state index in [1.165, 1.54) is 98.4 Å². The van der Waals surface area contributed by atoms with Crippen molar-refractivity contribution in [3.05, 3.63) is 120 Å². The molecule has 0 amide bonds. The predicted molar refractivity (Wildman–Crippen MR) is 192 cm³/mol. The van der Waals surface area contributed by atoms with E-state index in [1.807, 2.05) is 0 Å². The van der Waals surface area contributed by atoms with Crippen LogP contribution in [0.15, 0.2) is 109 Å². The van der Waals surface area contributed by atoms with E-state index in [0.29, 0.717) is 0 Å². The molecule has 0 aliphatic heterocycles. The Bertz CT molecular complexity index is 2470. The fourth-order valence-electron chi connectivity index (χ4n) is 7.95. The second kappa shape index (κ2) is 8.48. The van der Waals surface area contributed by atoms with Crippen LogP contribution in [0.1, 0.15) is 52.7 Å². The number of rotatable bonds is 1. The quantitative estimate of drug-likeness (QED) is 0.137. The van der Waals surface area contributed by atoms with Crippen LogP contribution >= 0.6 is 0 Å². The summed E-state index contributed by atoms with van der Waals surface area (Å²) < 4.78 is 0. The normalized spacial score (nSPS) is 13.2. The molecule has 0 aromatic heterocycles. The molecule has 1 aliphatic rings. The van der Waals surface area contributed by atoms with Crippen LogP contribution in [0.25, 0.3) is 87.2 Å². The van der Waals surface area contributed by atoms with Crippen LogP contribution in [0.5, 0.6) is 0 Å². The maximum absolute atomic E-state index is 2.45. The highest BCUT2D eigenvalue weighted by Crippen LogP contribution is 2.55. The lowest BCUT2D eigenvalue weighted by atomic mass is 9.82. The molecule has 0 N–H and O–H groups in total. The van der Waals surface area contributed by atoms with Gasteiger partial charge in [-0.05, 0) is 115 Å². The molecule has 0 spiro atoms. The maximum atomic E-state index is 2.45. The number of hydrogen-bond acceptors (Lipinski definition) is 0. The number of fused-ring (bicyclic) bond motifs is 5. The Morgan fingerprint density at radius 2 is 0.955 bits per heavy atom. The molecule has 44 heavy (non-hydrogen) atoms. The van der Waals surface area contributed by atoms with Crippen molar-refractivity contribution >= 4 is 53.9 Å². The minimum Gasteiger partial charge on any atom is -0.0616 e. The van der Waals surface area contributed by atoms with Crippen LogP contribution in [0.4, 0.5) is 0 Å². The third kappa shape index (κ3) is 3.40. The molecule has 212 valence electrons. The predicted octanol–water partition coefficient (Wildman–Crippen LogP) is 12.8. The van der Waals surface area contributed by atoms with Crippen molar-refractivity contribution in [2.75, 3.05) is 0 Å². The van der Waals surface area contributed by atoms with Gasteiger partial charge in [0.15, 0.2) is 0 Å². The van der Waals surface area contributed by atoms with Gasteiger partial charge in [-0.3, -0.25) is 0 Å². The lowest BCUT2D eigenvalue weighted by Gasteiger charge is -2.22. The molecular formula is C44H36. The largest absolute Gasteiger partial charge is 0.0616 e. The third-order valence-corrected chi connectivity index (χ3v) is 10.2. The van der Waals surface area contributed by atoms with Gasteiger partial charge in [0.25, 0.3) is 0 Å². The maximum Gasteiger partial charge on any atom is -0.00137 e. The van der Waals surface area contributed by atoms with Gasteiger partial charge >= 0.3 is 0 Å². The van der Waals surface area contributed by atoms with Crippen molar-refractivity contribution in [3.63, 3.8) is 0 Å². The van der Waals surface area contributed by atoms with Crippen LogP contribution in [0.2, 0.25) is 0 Å². The summed E-state index contributed by atoms with van der Waals surface area (Å²) >= 11 is 0. The summed E-state index contributed by atoms with van der Waals surface area (Å²) in [7, 11) is 0. The highest BCUT2D eigenvalue weighted by Gasteiger charge is 2.28. The molecule has 0 saturated heterocycles. The van der Waals surface area contributed by atoms with E-state index in [0.717, 1.165) is 0 Å². The summed E-state index contributed by atoms with van der Waals surface area (Å²) in [6, 6.07) is 42.1. The highest BCUT2D eigenvalue weighted by atomic mass is 14.3. The van der Waals surface area contributed by atoms with Crippen LogP contribution in [-0.2, 0) is 10.8 Å². The Balaban J connectivity index is 1.41. The SMILES string of the molecule is CC(C)(C)c1ccc2c(c1)-c1cccc3c(-c4ccc5ccc6cc(C(C)(C)C)cc7ccc4c5c67)c4ccccc4c-2c13. The zero-order valence-corrected chi connectivity index (χ0v) is 26.4. The average molecular weight is 565 g/mol. The molecule has 0 bridgehead atoms. The Morgan fingerprint density at radius 1 is 0.341 bits per heavy atom. The van der Waals surface area contributed by atoms with Gasteiger partial charge < -0.3 is 0 Å². The lowest BCUT2D eigenvalue weighted by molar-refractivity contribution is 0.590. The first kappa shape index (κ1) is 25.8. The third-order valence-electron chi connectivity index (χ3n) is 10.2. The van der Waals surface area contributed by atoms with E-state index in [-0.39, 0.29) is 10.8 Å². The molecule has 0 heteroatoms. The first-order valence-corrected chi connectivity index (χ1v) is 15.9. The summed E-state index contributed by atoms with van der Waals surface area (Å²) in [4.78, 5) is 0. The molecule has 0 unspecified atom stereocenters. The van der Waals surface area contributed by atoms with Gasteiger partial charge in [0.05, 0.1) is 0 Å². The Kier molecular flexibility index (Phi) is 4.97. The smallest absolute Gasteiger partial charge is 0.00137 e. The average Bonchev–Trinajstić information content (AvgIpc) is 3.34. The number of hydrogen-bond donors (Lipinski definition) is 0. The standard InChI is InChI=1S/C44H36/c1-43(2,3)28-18-21-35-37(24-28)32-12-9-13-36-40(30-10-7-8-11-31(30)41(35)42(32)36)34-19-16-25-14-15-26-22-29(44(4,5)6)23-27-17-20-33(34)39(25)38(26)27/h7-24H,1-6H3. The summed E-state index contributed by atoms with van der Waals surface area (Å²) in [5.41, 5.74) is 11.1. The fourth-order valence-corrected chi connectivity index (χ4v) is 7.95. The van der Waals surface area contributed by atoms with Crippen molar-refractivity contribution in [3.8, 4) is 33.4 Å². The van der Waals surface area contributed by atoms with E-state index in [9.17, 15) is 0 Å². The summed E-state index contributed by atoms with van der Waals surface area (Å²) in [6.45, 7) is 13.8. The van der Waals surface area contributed by atoms with E-state index < -0.39 is 0 Å². The molecule has 8 aromatic rings. The fraction of sp³-hybridized carbons (Fsp3) is 0.182. The van der Waals surface area contributed by atoms with Gasteiger partial charge in [0.2, 0.25) is 0 Å². The lowest BCUT2D eigenvalue weighted by Crippen LogP contribution is -2.10. The van der Waals surface area contributed by atoms with Gasteiger partial charge in [-0.2, -0.15) is 0 Å². The monoisotopic (exact) mass is 564 g/mol. The molecule has 0 saturated carbocycles. The van der Waals surface area contributed by atoms with Gasteiger partial charge in [0.1, 0.15) is 0 Å². The molecule has 0 heterocycles. The molecular weight excluding hydrogens is 528 g/mol. The Hall–Kier alpha value is -4.68. The van der Waals surface area contributed by atoms with E-state index in [2.05, 4.69) is 151 Å². The molecule has 1 aliphatic carbocycles. The molecule has 8 aromatic carbocycles. The zero-order valence-electron chi connectivity index (χ0n) is 26.4. The summed E-state index contributed by atoms with van der Waals surface area (Å²) in [5, 5.41) is 13.5. The minimum absolute atomic E-state index is 0.0975. The first-order chi connectivity index (χ1) is 21.1. The van der Waals surface area contributed by atoms with Crippen LogP contribution < -0.4 is 0 Å². The van der Waals surface area contributed by atoms with Crippen LogP contribution in [0, 0.1) is 0 Å². The van der Waals surface area contributed by atoms with E-state index >= 15 is 0 Å². The van der Waals surface area contributed by atoms with Crippen LogP contribution in [-0.4, -0.2) is 0 Å². The number of benzene rings is 8. The van der Waals surface area contributed by atoms with E-state index in [1.54, 1.807) is 0 Å². The second-order valence-corrected chi connectivity index (χ2v) is 15.0. The topological polar surface area (TPSA) is 0 Å². The second-order valence-electron chi connectivity index (χ2n) is 15.0. The van der Waals surface area contributed by atoms with Gasteiger partial charge in [-0.25, -0.2) is 0 Å². The van der Waals surface area contributed by atoms with E-state index in [4.69, 9.17) is 0 Å². The van der Waals surface area contributed by atoms with Crippen molar-refractivity contribution in [2.45, 2.75) is 52.4 Å². The molecule has 0 fully saturated rings. The summed E-state index contributed by atoms with van der Waals surface area (Å²) in [5.74, 6) is 0. The Labute approximate surface area is 259 Å². The van der Waals surface area contributed by atoms with Gasteiger partial charge in [-0.15, -0.1) is 0 Å². The van der Waals surface area contributed by atoms with Gasteiger partial charge in [-0.1, -0.05) is 145 Å². The zero-order chi connectivity index (χ0) is 30.1. The molecule has 0 nitrogen and oxygen atoms in total. The Morgan fingerprint density at radius 3 is 1.68 bits per heavy atom. The molecule has 9 rings (SSSR count).